The van der Waals surface area contributed by atoms with Gasteiger partial charge < -0.3 is 9.47 Å². The van der Waals surface area contributed by atoms with Gasteiger partial charge in [-0.05, 0) is 61.5 Å². The maximum absolute atomic E-state index is 11.2. The zero-order valence-electron chi connectivity index (χ0n) is 12.1. The van der Waals surface area contributed by atoms with Gasteiger partial charge in [0.15, 0.2) is 0 Å². The number of carbonyl (C=O) groups is 1. The number of aryl methyl sites for hydroxylation is 1. The van der Waals surface area contributed by atoms with E-state index in [9.17, 15) is 4.79 Å². The number of esters is 1. The summed E-state index contributed by atoms with van der Waals surface area (Å²) in [6.07, 6.45) is 0.989. The summed E-state index contributed by atoms with van der Waals surface area (Å²) in [7, 11) is 1.40. The van der Waals surface area contributed by atoms with Crippen molar-refractivity contribution in [3.63, 3.8) is 0 Å². The van der Waals surface area contributed by atoms with Crippen LogP contribution in [0.25, 0.3) is 0 Å². The Kier molecular flexibility index (Phi) is 6.46. The molecule has 116 valence electrons. The summed E-state index contributed by atoms with van der Waals surface area (Å²) < 4.78 is 12.2. The van der Waals surface area contributed by atoms with Gasteiger partial charge in [0.1, 0.15) is 12.4 Å². The van der Waals surface area contributed by atoms with E-state index >= 15 is 0 Å². The van der Waals surface area contributed by atoms with Gasteiger partial charge in [-0.15, -0.1) is 0 Å². The number of hydrogen-bond acceptors (Lipinski definition) is 3. The second kappa shape index (κ2) is 8.34. The van der Waals surface area contributed by atoms with Crippen LogP contribution in [-0.2, 0) is 22.6 Å². The lowest BCUT2D eigenvalue weighted by Gasteiger charge is -2.12. The largest absolute Gasteiger partial charge is 0.487 e. The smallest absolute Gasteiger partial charge is 0.305 e. The van der Waals surface area contributed by atoms with Crippen LogP contribution >= 0.6 is 31.9 Å². The number of methoxy groups -OCH3 is 1. The predicted molar refractivity (Wildman–Crippen MR) is 93.0 cm³/mol. The minimum absolute atomic E-state index is 0.211. The minimum atomic E-state index is -0.211. The highest BCUT2D eigenvalue weighted by atomic mass is 79.9. The third kappa shape index (κ3) is 4.85. The Labute approximate surface area is 146 Å². The van der Waals surface area contributed by atoms with Gasteiger partial charge in [-0.2, -0.15) is 0 Å². The van der Waals surface area contributed by atoms with E-state index in [0.29, 0.717) is 19.4 Å². The van der Waals surface area contributed by atoms with Crippen molar-refractivity contribution >= 4 is 37.8 Å². The van der Waals surface area contributed by atoms with Crippen molar-refractivity contribution in [2.24, 2.45) is 0 Å². The van der Waals surface area contributed by atoms with Crippen LogP contribution in [0.15, 0.2) is 51.4 Å². The SMILES string of the molecule is COC(=O)CCc1cc(Br)c(OCc2ccccc2)c(Br)c1. The number of benzene rings is 2. The van der Waals surface area contributed by atoms with Crippen molar-refractivity contribution in [3.8, 4) is 5.75 Å². The third-order valence-corrected chi connectivity index (χ3v) is 4.31. The Morgan fingerprint density at radius 1 is 1.05 bits per heavy atom. The molecule has 2 aromatic rings. The molecule has 0 unspecified atom stereocenters. The number of halogens is 2. The molecule has 0 aliphatic rings. The number of ether oxygens (including phenoxy) is 2. The Morgan fingerprint density at radius 2 is 1.68 bits per heavy atom. The Balaban J connectivity index is 2.05. The van der Waals surface area contributed by atoms with Gasteiger partial charge >= 0.3 is 5.97 Å². The molecule has 0 bridgehead atoms. The maximum Gasteiger partial charge on any atom is 0.305 e. The molecular weight excluding hydrogens is 412 g/mol. The van der Waals surface area contributed by atoms with Gasteiger partial charge in [0.25, 0.3) is 0 Å². The summed E-state index contributed by atoms with van der Waals surface area (Å²) in [5.74, 6) is 0.544. The van der Waals surface area contributed by atoms with Gasteiger partial charge in [0, 0.05) is 6.42 Å². The van der Waals surface area contributed by atoms with Crippen LogP contribution in [0.5, 0.6) is 5.75 Å². The van der Waals surface area contributed by atoms with Gasteiger partial charge in [-0.25, -0.2) is 0 Å². The van der Waals surface area contributed by atoms with Crippen molar-refractivity contribution in [1.82, 2.24) is 0 Å². The molecule has 0 spiro atoms. The molecule has 0 radical (unpaired) electrons. The van der Waals surface area contributed by atoms with E-state index < -0.39 is 0 Å². The summed E-state index contributed by atoms with van der Waals surface area (Å²) in [5.41, 5.74) is 2.15. The van der Waals surface area contributed by atoms with E-state index in [4.69, 9.17) is 4.74 Å². The Bertz CT molecular complexity index is 619. The molecule has 0 saturated heterocycles. The van der Waals surface area contributed by atoms with Crippen molar-refractivity contribution in [1.29, 1.82) is 0 Å². The van der Waals surface area contributed by atoms with Crippen LogP contribution in [0.3, 0.4) is 0 Å². The maximum atomic E-state index is 11.2. The van der Waals surface area contributed by atoms with Gasteiger partial charge in [0.2, 0.25) is 0 Å². The average molecular weight is 428 g/mol. The van der Waals surface area contributed by atoms with Crippen LogP contribution < -0.4 is 4.74 Å². The van der Waals surface area contributed by atoms with E-state index in [1.807, 2.05) is 42.5 Å². The summed E-state index contributed by atoms with van der Waals surface area (Å²) in [6, 6.07) is 13.9. The molecule has 0 aromatic heterocycles. The molecule has 0 atom stereocenters. The third-order valence-electron chi connectivity index (χ3n) is 3.13. The molecule has 0 amide bonds. The molecule has 2 aromatic carbocycles. The fraction of sp³-hybridized carbons (Fsp3) is 0.235. The lowest BCUT2D eigenvalue weighted by atomic mass is 10.1. The Morgan fingerprint density at radius 3 is 2.27 bits per heavy atom. The number of carbonyl (C=O) groups excluding carboxylic acids is 1. The molecule has 5 heteroatoms. The normalized spacial score (nSPS) is 10.3. The lowest BCUT2D eigenvalue weighted by Crippen LogP contribution is -2.02. The van der Waals surface area contributed by atoms with Crippen LogP contribution in [-0.4, -0.2) is 13.1 Å². The quantitative estimate of drug-likeness (QED) is 0.615. The molecule has 22 heavy (non-hydrogen) atoms. The van der Waals surface area contributed by atoms with E-state index in [-0.39, 0.29) is 5.97 Å². The average Bonchev–Trinajstić information content (AvgIpc) is 2.52. The monoisotopic (exact) mass is 426 g/mol. The zero-order chi connectivity index (χ0) is 15.9. The summed E-state index contributed by atoms with van der Waals surface area (Å²) in [6.45, 7) is 0.500. The van der Waals surface area contributed by atoms with Crippen molar-refractivity contribution in [2.75, 3.05) is 7.11 Å². The second-order valence-corrected chi connectivity index (χ2v) is 6.45. The van der Waals surface area contributed by atoms with Gasteiger partial charge in [0.05, 0.1) is 16.1 Å². The van der Waals surface area contributed by atoms with Crippen LogP contribution in [0.1, 0.15) is 17.5 Å². The number of rotatable bonds is 6. The molecule has 2 rings (SSSR count). The highest BCUT2D eigenvalue weighted by Gasteiger charge is 2.10. The van der Waals surface area contributed by atoms with E-state index in [0.717, 1.165) is 25.8 Å². The predicted octanol–water partition coefficient (Wildman–Crippen LogP) is 4.90. The number of hydrogen-bond donors (Lipinski definition) is 0. The molecule has 0 fully saturated rings. The lowest BCUT2D eigenvalue weighted by molar-refractivity contribution is -0.140. The highest BCUT2D eigenvalue weighted by Crippen LogP contribution is 2.35. The van der Waals surface area contributed by atoms with Crippen molar-refractivity contribution in [2.45, 2.75) is 19.4 Å². The molecular formula is C17H16Br2O3. The fourth-order valence-electron chi connectivity index (χ4n) is 1.97. The van der Waals surface area contributed by atoms with Crippen LogP contribution in [0, 0.1) is 0 Å². The molecule has 0 aliphatic carbocycles. The summed E-state index contributed by atoms with van der Waals surface area (Å²) in [5, 5.41) is 0. The van der Waals surface area contributed by atoms with Crippen molar-refractivity contribution in [3.05, 3.63) is 62.5 Å². The highest BCUT2D eigenvalue weighted by molar-refractivity contribution is 9.11. The topological polar surface area (TPSA) is 35.5 Å². The first kappa shape index (κ1) is 17.0. The van der Waals surface area contributed by atoms with Gasteiger partial charge in [-0.3, -0.25) is 4.79 Å². The minimum Gasteiger partial charge on any atom is -0.487 e. The van der Waals surface area contributed by atoms with Crippen molar-refractivity contribution < 1.29 is 14.3 Å². The molecule has 0 saturated carbocycles. The van der Waals surface area contributed by atoms with Gasteiger partial charge in [-0.1, -0.05) is 30.3 Å². The first-order chi connectivity index (χ1) is 10.6. The fourth-order valence-corrected chi connectivity index (χ4v) is 3.48. The zero-order valence-corrected chi connectivity index (χ0v) is 15.3. The molecule has 0 heterocycles. The first-order valence-corrected chi connectivity index (χ1v) is 8.40. The molecule has 0 N–H and O–H groups in total. The second-order valence-electron chi connectivity index (χ2n) is 4.74. The van der Waals surface area contributed by atoms with Crippen LogP contribution in [0.4, 0.5) is 0 Å². The summed E-state index contributed by atoms with van der Waals surface area (Å²) >= 11 is 7.05. The standard InChI is InChI=1S/C17H16Br2O3/c1-21-16(20)8-7-13-9-14(18)17(15(19)10-13)22-11-12-5-3-2-4-6-12/h2-6,9-10H,7-8,11H2,1H3. The first-order valence-electron chi connectivity index (χ1n) is 6.81. The van der Waals surface area contributed by atoms with E-state index in [2.05, 4.69) is 36.6 Å². The Hall–Kier alpha value is -1.33. The molecule has 0 aliphatic heterocycles. The van der Waals surface area contributed by atoms with Crippen LogP contribution in [0.2, 0.25) is 0 Å². The summed E-state index contributed by atoms with van der Waals surface area (Å²) in [4.78, 5) is 11.2. The van der Waals surface area contributed by atoms with E-state index in [1.54, 1.807) is 0 Å². The molecule has 3 nitrogen and oxygen atoms in total. The van der Waals surface area contributed by atoms with E-state index in [1.165, 1.54) is 7.11 Å².